The monoisotopic (exact) mass is 401 g/mol. The Kier molecular flexibility index (Phi) is 5.93. The van der Waals surface area contributed by atoms with Crippen LogP contribution < -0.4 is 10.6 Å². The molecule has 2 heterocycles. The summed E-state index contributed by atoms with van der Waals surface area (Å²) in [6.45, 7) is 4.65. The van der Waals surface area contributed by atoms with Crippen molar-refractivity contribution in [2.45, 2.75) is 32.3 Å². The molecule has 3 rings (SSSR count). The molecule has 0 radical (unpaired) electrons. The maximum absolute atomic E-state index is 13.6. The highest BCUT2D eigenvalue weighted by molar-refractivity contribution is 6.22. The lowest BCUT2D eigenvalue weighted by atomic mass is 9.84. The van der Waals surface area contributed by atoms with Gasteiger partial charge in [-0.05, 0) is 44.4 Å². The summed E-state index contributed by atoms with van der Waals surface area (Å²) in [6, 6.07) is 3.55. The lowest BCUT2D eigenvalue weighted by Crippen LogP contribution is -2.43. The number of aliphatic hydroxyl groups is 1. The van der Waals surface area contributed by atoms with Crippen molar-refractivity contribution in [2.24, 2.45) is 10.7 Å². The lowest BCUT2D eigenvalue weighted by molar-refractivity contribution is 0.0113. The van der Waals surface area contributed by atoms with Crippen LogP contribution >= 0.6 is 0 Å². The largest absolute Gasteiger partial charge is 0.402 e. The van der Waals surface area contributed by atoms with Crippen LogP contribution in [0.1, 0.15) is 37.9 Å². The second-order valence-corrected chi connectivity index (χ2v) is 7.28. The SMILES string of the molecule is CN=C(C)/C(=C(/C)N)c1cncc(N2CCC(O)(c3ccc(F)c(F)c3)CC2)n1. The zero-order chi connectivity index (χ0) is 21.2. The summed E-state index contributed by atoms with van der Waals surface area (Å²) in [5.41, 5.74) is 7.95. The Bertz CT molecular complexity index is 961. The van der Waals surface area contributed by atoms with Gasteiger partial charge in [-0.1, -0.05) is 6.07 Å². The second-order valence-electron chi connectivity index (χ2n) is 7.28. The maximum Gasteiger partial charge on any atom is 0.159 e. The van der Waals surface area contributed by atoms with Gasteiger partial charge in [0.25, 0.3) is 0 Å². The number of nitrogens with two attached hydrogens (primary N) is 1. The van der Waals surface area contributed by atoms with Crippen molar-refractivity contribution in [3.8, 4) is 0 Å². The number of hydrogen-bond acceptors (Lipinski definition) is 6. The molecule has 0 unspecified atom stereocenters. The molecule has 8 heteroatoms. The molecule has 0 amide bonds. The smallest absolute Gasteiger partial charge is 0.159 e. The zero-order valence-electron chi connectivity index (χ0n) is 16.8. The number of allylic oxidation sites excluding steroid dienone is 2. The number of nitrogens with zero attached hydrogens (tertiary/aromatic N) is 4. The predicted octanol–water partition coefficient (Wildman–Crippen LogP) is 3.02. The molecule has 1 aliphatic rings. The molecule has 29 heavy (non-hydrogen) atoms. The molecule has 0 atom stereocenters. The highest BCUT2D eigenvalue weighted by Gasteiger charge is 2.35. The summed E-state index contributed by atoms with van der Waals surface area (Å²) in [5, 5.41) is 11.0. The van der Waals surface area contributed by atoms with Gasteiger partial charge in [-0.25, -0.2) is 13.8 Å². The minimum Gasteiger partial charge on any atom is -0.402 e. The summed E-state index contributed by atoms with van der Waals surface area (Å²) >= 11 is 0. The van der Waals surface area contributed by atoms with Gasteiger partial charge in [-0.15, -0.1) is 0 Å². The van der Waals surface area contributed by atoms with Crippen molar-refractivity contribution in [1.82, 2.24) is 9.97 Å². The van der Waals surface area contributed by atoms with Crippen LogP contribution in [0.4, 0.5) is 14.6 Å². The third-order valence-corrected chi connectivity index (χ3v) is 5.34. The maximum atomic E-state index is 13.6. The highest BCUT2D eigenvalue weighted by atomic mass is 19.2. The molecule has 1 aromatic carbocycles. The molecule has 0 spiro atoms. The van der Waals surface area contributed by atoms with Crippen LogP contribution in [-0.2, 0) is 5.60 Å². The molecular weight excluding hydrogens is 376 g/mol. The summed E-state index contributed by atoms with van der Waals surface area (Å²) in [7, 11) is 1.69. The van der Waals surface area contributed by atoms with E-state index in [4.69, 9.17) is 5.73 Å². The van der Waals surface area contributed by atoms with Gasteiger partial charge in [0.2, 0.25) is 0 Å². The van der Waals surface area contributed by atoms with Crippen LogP contribution in [0.2, 0.25) is 0 Å². The first kappa shape index (κ1) is 20.9. The van der Waals surface area contributed by atoms with E-state index in [2.05, 4.69) is 15.0 Å². The molecule has 1 aromatic heterocycles. The molecule has 0 aliphatic carbocycles. The molecular formula is C21H25F2N5O. The number of hydrogen-bond donors (Lipinski definition) is 2. The number of anilines is 1. The van der Waals surface area contributed by atoms with Crippen LogP contribution in [-0.4, -0.2) is 40.9 Å². The van der Waals surface area contributed by atoms with E-state index >= 15 is 0 Å². The van der Waals surface area contributed by atoms with E-state index in [9.17, 15) is 13.9 Å². The minimum absolute atomic E-state index is 0.359. The number of piperidine rings is 1. The van der Waals surface area contributed by atoms with Gasteiger partial charge < -0.3 is 15.7 Å². The van der Waals surface area contributed by atoms with Crippen molar-refractivity contribution < 1.29 is 13.9 Å². The quantitative estimate of drug-likeness (QED) is 0.769. The third-order valence-electron chi connectivity index (χ3n) is 5.34. The van der Waals surface area contributed by atoms with Crippen molar-refractivity contribution in [2.75, 3.05) is 25.0 Å². The Morgan fingerprint density at radius 3 is 2.45 bits per heavy atom. The van der Waals surface area contributed by atoms with Crippen LogP contribution in [0.15, 0.2) is 41.3 Å². The van der Waals surface area contributed by atoms with E-state index in [1.165, 1.54) is 6.07 Å². The first-order valence-corrected chi connectivity index (χ1v) is 9.40. The molecule has 0 bridgehead atoms. The van der Waals surface area contributed by atoms with E-state index in [-0.39, 0.29) is 0 Å². The molecule has 1 fully saturated rings. The zero-order valence-corrected chi connectivity index (χ0v) is 16.8. The van der Waals surface area contributed by atoms with Gasteiger partial charge >= 0.3 is 0 Å². The number of halogens is 2. The fourth-order valence-corrected chi connectivity index (χ4v) is 3.59. The van der Waals surface area contributed by atoms with Gasteiger partial charge in [-0.2, -0.15) is 0 Å². The topological polar surface area (TPSA) is 87.6 Å². The highest BCUT2D eigenvalue weighted by Crippen LogP contribution is 2.34. The molecule has 154 valence electrons. The standard InChI is InChI=1S/C21H25F2N5O/c1-13(24)20(14(2)25-3)18-11-26-12-19(27-18)28-8-6-21(29,7-9-28)15-4-5-16(22)17(23)10-15/h4-5,10-12,29H,6-9,24H2,1-3H3/b20-13+,25-14?. The van der Waals surface area contributed by atoms with E-state index in [0.717, 1.165) is 23.4 Å². The van der Waals surface area contributed by atoms with Crippen molar-refractivity contribution in [3.63, 3.8) is 0 Å². The van der Waals surface area contributed by atoms with Crippen LogP contribution in [0.25, 0.3) is 5.57 Å². The Morgan fingerprint density at radius 2 is 1.86 bits per heavy atom. The van der Waals surface area contributed by atoms with Gasteiger partial charge in [-0.3, -0.25) is 9.98 Å². The van der Waals surface area contributed by atoms with E-state index in [1.54, 1.807) is 26.4 Å². The van der Waals surface area contributed by atoms with Crippen molar-refractivity contribution in [1.29, 1.82) is 0 Å². The second kappa shape index (κ2) is 8.24. The third kappa shape index (κ3) is 4.27. The fourth-order valence-electron chi connectivity index (χ4n) is 3.59. The van der Waals surface area contributed by atoms with E-state index < -0.39 is 17.2 Å². The van der Waals surface area contributed by atoms with E-state index in [1.807, 2.05) is 11.8 Å². The first-order chi connectivity index (χ1) is 13.7. The average Bonchev–Trinajstić information content (AvgIpc) is 2.70. The summed E-state index contributed by atoms with van der Waals surface area (Å²) in [6.07, 6.45) is 4.02. The molecule has 6 nitrogen and oxygen atoms in total. The summed E-state index contributed by atoms with van der Waals surface area (Å²) in [5.74, 6) is -1.22. The summed E-state index contributed by atoms with van der Waals surface area (Å²) < 4.78 is 26.8. The number of rotatable bonds is 4. The van der Waals surface area contributed by atoms with Crippen LogP contribution in [0.5, 0.6) is 0 Å². The molecule has 1 saturated heterocycles. The molecule has 3 N–H and O–H groups in total. The van der Waals surface area contributed by atoms with Gasteiger partial charge in [0.05, 0.1) is 23.7 Å². The Morgan fingerprint density at radius 1 is 1.17 bits per heavy atom. The Labute approximate surface area is 168 Å². The number of benzene rings is 1. The van der Waals surface area contributed by atoms with Crippen LogP contribution in [0.3, 0.4) is 0 Å². The normalized spacial score (nSPS) is 17.9. The van der Waals surface area contributed by atoms with Crippen molar-refractivity contribution in [3.05, 3.63) is 59.2 Å². The summed E-state index contributed by atoms with van der Waals surface area (Å²) in [4.78, 5) is 15.2. The van der Waals surface area contributed by atoms with E-state index in [0.29, 0.717) is 48.7 Å². The fraction of sp³-hybridized carbons (Fsp3) is 0.381. The molecule has 2 aromatic rings. The van der Waals surface area contributed by atoms with Gasteiger partial charge in [0.1, 0.15) is 5.82 Å². The van der Waals surface area contributed by atoms with Gasteiger partial charge in [0, 0.05) is 37.1 Å². The van der Waals surface area contributed by atoms with Crippen LogP contribution in [0, 0.1) is 11.6 Å². The minimum atomic E-state index is -1.21. The Hall–Kier alpha value is -2.87. The average molecular weight is 401 g/mol. The number of aliphatic imine (C=N–C) groups is 1. The lowest BCUT2D eigenvalue weighted by Gasteiger charge is -2.39. The van der Waals surface area contributed by atoms with Gasteiger partial charge in [0.15, 0.2) is 11.6 Å². The molecule has 1 aliphatic heterocycles. The predicted molar refractivity (Wildman–Crippen MR) is 110 cm³/mol. The van der Waals surface area contributed by atoms with Crippen molar-refractivity contribution >= 4 is 17.1 Å². The first-order valence-electron chi connectivity index (χ1n) is 9.40. The molecule has 0 saturated carbocycles. The number of aromatic nitrogens is 2. The Balaban J connectivity index is 1.81.